The van der Waals surface area contributed by atoms with Crippen LogP contribution in [0.3, 0.4) is 0 Å². The fourth-order valence-corrected chi connectivity index (χ4v) is 6.29. The predicted octanol–water partition coefficient (Wildman–Crippen LogP) is 8.31. The topological polar surface area (TPSA) is 0 Å². The zero-order chi connectivity index (χ0) is 20.9. The van der Waals surface area contributed by atoms with Crippen LogP contribution in [0.1, 0.15) is 42.4 Å². The van der Waals surface area contributed by atoms with Crippen LogP contribution in [0.15, 0.2) is 66.3 Å². The summed E-state index contributed by atoms with van der Waals surface area (Å²) in [5.41, 5.74) is 7.28. The molecule has 0 spiro atoms. The molecule has 0 bridgehead atoms. The number of hydrogen-bond acceptors (Lipinski definition) is 1. The molecule has 3 aliphatic rings. The number of fused-ring (bicyclic) bond motifs is 4. The van der Waals surface area contributed by atoms with E-state index in [1.54, 1.807) is 5.57 Å². The van der Waals surface area contributed by atoms with Gasteiger partial charge < -0.3 is 0 Å². The third-order valence-electron chi connectivity index (χ3n) is 6.71. The molecule has 1 heterocycles. The summed E-state index contributed by atoms with van der Waals surface area (Å²) in [5, 5.41) is 2.32. The maximum Gasteiger partial charge on any atom is 0.133 e. The Bertz CT molecular complexity index is 1310. The van der Waals surface area contributed by atoms with E-state index in [9.17, 15) is 8.78 Å². The van der Waals surface area contributed by atoms with E-state index in [1.165, 1.54) is 45.2 Å². The SMILES string of the molecule is Fc1cccc(F)c1-c1cc(C2=CCCS2)c2ccc3c(c2c1)CCC1=C3C=CCC1. The third kappa shape index (κ3) is 3.10. The highest BCUT2D eigenvalue weighted by Gasteiger charge is 2.24. The first-order valence-electron chi connectivity index (χ1n) is 11.0. The van der Waals surface area contributed by atoms with Crippen molar-refractivity contribution in [2.45, 2.75) is 32.1 Å². The molecule has 0 unspecified atom stereocenters. The summed E-state index contributed by atoms with van der Waals surface area (Å²) in [7, 11) is 0. The summed E-state index contributed by atoms with van der Waals surface area (Å²) in [4.78, 5) is 1.22. The molecule has 0 aromatic heterocycles. The van der Waals surface area contributed by atoms with E-state index >= 15 is 0 Å². The van der Waals surface area contributed by atoms with Crippen molar-refractivity contribution >= 4 is 33.0 Å². The van der Waals surface area contributed by atoms with Crippen molar-refractivity contribution in [3.8, 4) is 11.1 Å². The highest BCUT2D eigenvalue weighted by atomic mass is 32.2. The molecular weight excluding hydrogens is 406 g/mol. The zero-order valence-electron chi connectivity index (χ0n) is 17.2. The van der Waals surface area contributed by atoms with Crippen LogP contribution in [0.2, 0.25) is 0 Å². The average molecular weight is 429 g/mol. The normalized spacial score (nSPS) is 17.7. The number of hydrogen-bond donors (Lipinski definition) is 0. The molecule has 154 valence electrons. The Morgan fingerprint density at radius 1 is 0.806 bits per heavy atom. The predicted molar refractivity (Wildman–Crippen MR) is 128 cm³/mol. The van der Waals surface area contributed by atoms with Gasteiger partial charge in [-0.2, -0.15) is 0 Å². The van der Waals surface area contributed by atoms with E-state index in [2.05, 4.69) is 30.4 Å². The highest BCUT2D eigenvalue weighted by molar-refractivity contribution is 8.08. The molecule has 0 atom stereocenters. The first kappa shape index (κ1) is 19.1. The Morgan fingerprint density at radius 2 is 1.68 bits per heavy atom. The van der Waals surface area contributed by atoms with Crippen molar-refractivity contribution in [1.82, 2.24) is 0 Å². The van der Waals surface area contributed by atoms with Gasteiger partial charge in [-0.25, -0.2) is 8.78 Å². The first-order valence-corrected chi connectivity index (χ1v) is 12.0. The fraction of sp³-hybridized carbons (Fsp3) is 0.214. The zero-order valence-corrected chi connectivity index (χ0v) is 18.0. The summed E-state index contributed by atoms with van der Waals surface area (Å²) in [5.74, 6) is 0.0351. The quantitative estimate of drug-likeness (QED) is 0.395. The van der Waals surface area contributed by atoms with Gasteiger partial charge >= 0.3 is 0 Å². The molecule has 0 amide bonds. The summed E-state index contributed by atoms with van der Waals surface area (Å²) >= 11 is 1.83. The van der Waals surface area contributed by atoms with E-state index in [4.69, 9.17) is 0 Å². The van der Waals surface area contributed by atoms with Gasteiger partial charge in [-0.1, -0.05) is 42.0 Å². The monoisotopic (exact) mass is 428 g/mol. The van der Waals surface area contributed by atoms with Gasteiger partial charge in [0.25, 0.3) is 0 Å². The van der Waals surface area contributed by atoms with Crippen molar-refractivity contribution in [2.24, 2.45) is 0 Å². The van der Waals surface area contributed by atoms with Gasteiger partial charge in [0.05, 0.1) is 5.56 Å². The maximum absolute atomic E-state index is 14.7. The molecule has 2 aliphatic carbocycles. The summed E-state index contributed by atoms with van der Waals surface area (Å²) in [6, 6.07) is 12.6. The summed E-state index contributed by atoms with van der Waals surface area (Å²) in [6.45, 7) is 0. The minimum Gasteiger partial charge on any atom is -0.206 e. The Kier molecular flexibility index (Phi) is 4.61. The number of aryl methyl sites for hydroxylation is 1. The lowest BCUT2D eigenvalue weighted by molar-refractivity contribution is 0.589. The lowest BCUT2D eigenvalue weighted by atomic mass is 9.78. The molecule has 3 heteroatoms. The molecule has 3 aromatic carbocycles. The standard InChI is InChI=1S/C28H22F2S/c29-25-7-3-8-26(30)28(25)18-15-23-21-11-10-17-5-1-2-6-19(17)20(21)12-13-22(23)24(16-18)27-9-4-14-31-27/h2-3,6-9,12-13,15-16H,1,4-5,10-11,14H2. The number of rotatable bonds is 2. The molecule has 0 N–H and O–H groups in total. The number of thioether (sulfide) groups is 1. The number of allylic oxidation sites excluding steroid dienone is 5. The molecule has 1 aliphatic heterocycles. The molecule has 0 fully saturated rings. The maximum atomic E-state index is 14.7. The third-order valence-corrected chi connectivity index (χ3v) is 7.85. The van der Waals surface area contributed by atoms with E-state index in [1.807, 2.05) is 23.9 Å². The van der Waals surface area contributed by atoms with Crippen molar-refractivity contribution in [3.63, 3.8) is 0 Å². The lowest BCUT2D eigenvalue weighted by Crippen LogP contribution is -2.07. The second kappa shape index (κ2) is 7.49. The van der Waals surface area contributed by atoms with E-state index in [0.717, 1.165) is 48.8 Å². The average Bonchev–Trinajstić information content (AvgIpc) is 3.33. The van der Waals surface area contributed by atoms with Crippen molar-refractivity contribution in [1.29, 1.82) is 0 Å². The van der Waals surface area contributed by atoms with E-state index < -0.39 is 11.6 Å². The second-order valence-corrected chi connectivity index (χ2v) is 9.61. The second-order valence-electron chi connectivity index (χ2n) is 8.47. The van der Waals surface area contributed by atoms with E-state index in [0.29, 0.717) is 5.56 Å². The minimum atomic E-state index is -0.511. The molecule has 0 saturated carbocycles. The molecule has 0 nitrogen and oxygen atoms in total. The molecule has 31 heavy (non-hydrogen) atoms. The fourth-order valence-electron chi connectivity index (χ4n) is 5.27. The Labute approximate surface area is 185 Å². The molecule has 6 rings (SSSR count). The van der Waals surface area contributed by atoms with Crippen LogP contribution in [-0.4, -0.2) is 5.75 Å². The highest BCUT2D eigenvalue weighted by Crippen LogP contribution is 2.45. The number of benzene rings is 3. The van der Waals surface area contributed by atoms with Gasteiger partial charge in [0.1, 0.15) is 11.6 Å². The first-order chi connectivity index (χ1) is 15.2. The van der Waals surface area contributed by atoms with Crippen LogP contribution >= 0.6 is 11.8 Å². The Morgan fingerprint density at radius 3 is 2.48 bits per heavy atom. The van der Waals surface area contributed by atoms with Crippen molar-refractivity contribution in [3.05, 3.63) is 94.6 Å². The largest absolute Gasteiger partial charge is 0.206 e. The lowest BCUT2D eigenvalue weighted by Gasteiger charge is -2.26. The van der Waals surface area contributed by atoms with Crippen LogP contribution in [0.4, 0.5) is 8.78 Å². The molecule has 0 saturated heterocycles. The van der Waals surface area contributed by atoms with Gasteiger partial charge in [0.2, 0.25) is 0 Å². The summed E-state index contributed by atoms with van der Waals surface area (Å²) < 4.78 is 29.5. The van der Waals surface area contributed by atoms with Gasteiger partial charge in [-0.3, -0.25) is 0 Å². The number of halogens is 2. The Balaban J connectivity index is 1.67. The van der Waals surface area contributed by atoms with Crippen LogP contribution in [0, 0.1) is 11.6 Å². The molecular formula is C28H22F2S. The minimum absolute atomic E-state index is 0.0696. The van der Waals surface area contributed by atoms with Crippen LogP contribution in [0.5, 0.6) is 0 Å². The van der Waals surface area contributed by atoms with Gasteiger partial charge in [0.15, 0.2) is 0 Å². The van der Waals surface area contributed by atoms with Crippen molar-refractivity contribution in [2.75, 3.05) is 5.75 Å². The smallest absolute Gasteiger partial charge is 0.133 e. The van der Waals surface area contributed by atoms with E-state index in [-0.39, 0.29) is 5.56 Å². The van der Waals surface area contributed by atoms with Gasteiger partial charge in [-0.05, 0) is 95.0 Å². The molecule has 3 aromatic rings. The van der Waals surface area contributed by atoms with Crippen LogP contribution in [0.25, 0.3) is 32.4 Å². The Hall–Kier alpha value is -2.65. The van der Waals surface area contributed by atoms with Crippen LogP contribution in [-0.2, 0) is 6.42 Å². The molecule has 0 radical (unpaired) electrons. The van der Waals surface area contributed by atoms with Crippen LogP contribution < -0.4 is 0 Å². The summed E-state index contributed by atoms with van der Waals surface area (Å²) in [6.07, 6.45) is 12.1. The van der Waals surface area contributed by atoms with Crippen molar-refractivity contribution < 1.29 is 8.78 Å². The van der Waals surface area contributed by atoms with Gasteiger partial charge in [-0.15, -0.1) is 11.8 Å². The van der Waals surface area contributed by atoms with Gasteiger partial charge in [0, 0.05) is 10.7 Å².